The molecule has 1 saturated heterocycles. The second-order valence-electron chi connectivity index (χ2n) is 2.80. The van der Waals surface area contributed by atoms with Gasteiger partial charge >= 0.3 is 0 Å². The van der Waals surface area contributed by atoms with Crippen LogP contribution in [0.3, 0.4) is 0 Å². The maximum Gasteiger partial charge on any atom is 0.162 e. The Morgan fingerprint density at radius 1 is 1.00 bits per heavy atom. The van der Waals surface area contributed by atoms with Crippen molar-refractivity contribution in [2.75, 3.05) is 13.2 Å². The van der Waals surface area contributed by atoms with E-state index in [1.807, 2.05) is 27.7 Å². The maximum atomic E-state index is 5.12. The van der Waals surface area contributed by atoms with Crippen LogP contribution in [0.1, 0.15) is 48.0 Å². The summed E-state index contributed by atoms with van der Waals surface area (Å²) in [6.07, 6.45) is 1.25. The van der Waals surface area contributed by atoms with Gasteiger partial charge in [0.15, 0.2) is 5.79 Å². The lowest BCUT2D eigenvalue weighted by Gasteiger charge is -2.13. The standard InChI is InChI=1S/C5H10O2.C3H8.C2H6/c1-5(2)6-3-4-7-5;1-3-2;1-2/h3-4H2,1-2H3;3H2,1-2H3;1-2H3. The highest BCUT2D eigenvalue weighted by Gasteiger charge is 2.23. The van der Waals surface area contributed by atoms with Crippen molar-refractivity contribution in [3.63, 3.8) is 0 Å². The highest BCUT2D eigenvalue weighted by Crippen LogP contribution is 2.15. The molecule has 1 rings (SSSR count). The van der Waals surface area contributed by atoms with Crippen molar-refractivity contribution >= 4 is 0 Å². The maximum absolute atomic E-state index is 5.12. The Morgan fingerprint density at radius 2 is 1.25 bits per heavy atom. The molecule has 0 aromatic heterocycles. The zero-order valence-corrected chi connectivity index (χ0v) is 9.44. The highest BCUT2D eigenvalue weighted by atomic mass is 16.7. The smallest absolute Gasteiger partial charge is 0.162 e. The Morgan fingerprint density at radius 3 is 1.33 bits per heavy atom. The fraction of sp³-hybridized carbons (Fsp3) is 1.00. The monoisotopic (exact) mass is 176 g/mol. The molecule has 0 bridgehead atoms. The van der Waals surface area contributed by atoms with Crippen LogP contribution in [0, 0.1) is 0 Å². The van der Waals surface area contributed by atoms with Gasteiger partial charge in [0.05, 0.1) is 13.2 Å². The summed E-state index contributed by atoms with van der Waals surface area (Å²) in [5, 5.41) is 0. The van der Waals surface area contributed by atoms with Crippen molar-refractivity contribution in [1.82, 2.24) is 0 Å². The average Bonchev–Trinajstić information content (AvgIpc) is 2.40. The predicted octanol–water partition coefficient (Wildman–Crippen LogP) is 3.21. The molecular weight excluding hydrogens is 152 g/mol. The lowest BCUT2D eigenvalue weighted by Crippen LogP contribution is -2.18. The Labute approximate surface area is 77.3 Å². The molecule has 12 heavy (non-hydrogen) atoms. The van der Waals surface area contributed by atoms with Gasteiger partial charge in [0.2, 0.25) is 0 Å². The molecular formula is C10H24O2. The summed E-state index contributed by atoms with van der Waals surface area (Å²) in [6, 6.07) is 0. The van der Waals surface area contributed by atoms with E-state index in [1.165, 1.54) is 6.42 Å². The minimum atomic E-state index is -0.306. The zero-order chi connectivity index (χ0) is 10.0. The van der Waals surface area contributed by atoms with Gasteiger partial charge in [-0.3, -0.25) is 0 Å². The molecule has 0 atom stereocenters. The van der Waals surface area contributed by atoms with Crippen molar-refractivity contribution < 1.29 is 9.47 Å². The van der Waals surface area contributed by atoms with Crippen molar-refractivity contribution in [2.24, 2.45) is 0 Å². The molecule has 0 aromatic carbocycles. The van der Waals surface area contributed by atoms with E-state index in [9.17, 15) is 0 Å². The van der Waals surface area contributed by atoms with Crippen LogP contribution in [0.4, 0.5) is 0 Å². The molecule has 0 saturated carbocycles. The molecule has 0 N–H and O–H groups in total. The molecule has 0 radical (unpaired) electrons. The summed E-state index contributed by atoms with van der Waals surface area (Å²) < 4.78 is 10.2. The fourth-order valence-electron chi connectivity index (χ4n) is 0.617. The van der Waals surface area contributed by atoms with Crippen LogP contribution < -0.4 is 0 Å². The second-order valence-corrected chi connectivity index (χ2v) is 2.80. The van der Waals surface area contributed by atoms with Crippen LogP contribution in [-0.2, 0) is 9.47 Å². The number of rotatable bonds is 0. The Bertz CT molecular complexity index is 71.9. The zero-order valence-electron chi connectivity index (χ0n) is 9.44. The van der Waals surface area contributed by atoms with Crippen LogP contribution in [-0.4, -0.2) is 19.0 Å². The normalized spacial score (nSPS) is 18.5. The van der Waals surface area contributed by atoms with E-state index in [1.54, 1.807) is 0 Å². The van der Waals surface area contributed by atoms with Crippen molar-refractivity contribution in [3.05, 3.63) is 0 Å². The van der Waals surface area contributed by atoms with E-state index in [0.717, 1.165) is 13.2 Å². The SMILES string of the molecule is CC.CC1(C)OCCO1.CCC. The molecule has 1 heterocycles. The molecule has 2 nitrogen and oxygen atoms in total. The van der Waals surface area contributed by atoms with Gasteiger partial charge in [-0.25, -0.2) is 0 Å². The van der Waals surface area contributed by atoms with E-state index >= 15 is 0 Å². The van der Waals surface area contributed by atoms with Gasteiger partial charge in [-0.15, -0.1) is 0 Å². The lowest BCUT2D eigenvalue weighted by molar-refractivity contribution is -0.125. The van der Waals surface area contributed by atoms with E-state index in [2.05, 4.69) is 13.8 Å². The predicted molar refractivity (Wildman–Crippen MR) is 53.3 cm³/mol. The molecule has 0 aromatic rings. The first kappa shape index (κ1) is 14.4. The van der Waals surface area contributed by atoms with Crippen molar-refractivity contribution in [3.8, 4) is 0 Å². The van der Waals surface area contributed by atoms with Crippen LogP contribution >= 0.6 is 0 Å². The summed E-state index contributed by atoms with van der Waals surface area (Å²) in [4.78, 5) is 0. The van der Waals surface area contributed by atoms with Crippen LogP contribution in [0.15, 0.2) is 0 Å². The minimum absolute atomic E-state index is 0.306. The molecule has 2 heteroatoms. The lowest BCUT2D eigenvalue weighted by atomic mass is 10.4. The van der Waals surface area contributed by atoms with E-state index in [-0.39, 0.29) is 5.79 Å². The van der Waals surface area contributed by atoms with Crippen LogP contribution in [0.25, 0.3) is 0 Å². The van der Waals surface area contributed by atoms with Gasteiger partial charge in [0.1, 0.15) is 0 Å². The van der Waals surface area contributed by atoms with Gasteiger partial charge in [-0.1, -0.05) is 34.1 Å². The van der Waals surface area contributed by atoms with Gasteiger partial charge < -0.3 is 9.47 Å². The molecule has 0 spiro atoms. The fourth-order valence-corrected chi connectivity index (χ4v) is 0.617. The van der Waals surface area contributed by atoms with Gasteiger partial charge in [0, 0.05) is 0 Å². The number of hydrogen-bond donors (Lipinski definition) is 0. The largest absolute Gasteiger partial charge is 0.348 e. The van der Waals surface area contributed by atoms with Gasteiger partial charge in [-0.2, -0.15) is 0 Å². The third-order valence-corrected chi connectivity index (χ3v) is 0.983. The first-order chi connectivity index (χ1) is 5.62. The third-order valence-electron chi connectivity index (χ3n) is 0.983. The quantitative estimate of drug-likeness (QED) is 0.564. The summed E-state index contributed by atoms with van der Waals surface area (Å²) in [5.74, 6) is -0.306. The molecule has 1 aliphatic heterocycles. The summed E-state index contributed by atoms with van der Waals surface area (Å²) in [7, 11) is 0. The number of hydrogen-bond acceptors (Lipinski definition) is 2. The molecule has 76 valence electrons. The van der Waals surface area contributed by atoms with Crippen molar-refractivity contribution in [2.45, 2.75) is 53.8 Å². The summed E-state index contributed by atoms with van der Waals surface area (Å²) in [6.45, 7) is 13.6. The molecule has 0 aliphatic carbocycles. The van der Waals surface area contributed by atoms with Crippen LogP contribution in [0.2, 0.25) is 0 Å². The molecule has 1 fully saturated rings. The summed E-state index contributed by atoms with van der Waals surface area (Å²) in [5.41, 5.74) is 0. The van der Waals surface area contributed by atoms with E-state index in [0.29, 0.717) is 0 Å². The van der Waals surface area contributed by atoms with Crippen molar-refractivity contribution in [1.29, 1.82) is 0 Å². The van der Waals surface area contributed by atoms with Gasteiger partial charge in [0.25, 0.3) is 0 Å². The molecule has 0 amide bonds. The van der Waals surface area contributed by atoms with Gasteiger partial charge in [-0.05, 0) is 13.8 Å². The second kappa shape index (κ2) is 9.01. The minimum Gasteiger partial charge on any atom is -0.348 e. The average molecular weight is 176 g/mol. The highest BCUT2D eigenvalue weighted by molar-refractivity contribution is 4.58. The summed E-state index contributed by atoms with van der Waals surface area (Å²) >= 11 is 0. The topological polar surface area (TPSA) is 18.5 Å². The van der Waals surface area contributed by atoms with Crippen LogP contribution in [0.5, 0.6) is 0 Å². The van der Waals surface area contributed by atoms with E-state index in [4.69, 9.17) is 9.47 Å². The van der Waals surface area contributed by atoms with E-state index < -0.39 is 0 Å². The Kier molecular flexibility index (Phi) is 10.8. The number of ether oxygens (including phenoxy) is 2. The first-order valence-corrected chi connectivity index (χ1v) is 4.90. The first-order valence-electron chi connectivity index (χ1n) is 4.90. The Hall–Kier alpha value is -0.0800. The molecule has 1 aliphatic rings. The Balaban J connectivity index is 0. The third kappa shape index (κ3) is 9.92. The molecule has 0 unspecified atom stereocenters.